The molecule has 0 N–H and O–H groups in total. The Labute approximate surface area is 135 Å². The van der Waals surface area contributed by atoms with Gasteiger partial charge in [0.2, 0.25) is 0 Å². The molecule has 2 fully saturated rings. The molecule has 0 spiro atoms. The molecule has 3 nitrogen and oxygen atoms in total. The molecule has 0 aromatic carbocycles. The molecule has 2 aliphatic carbocycles. The van der Waals surface area contributed by atoms with Gasteiger partial charge >= 0.3 is 5.97 Å². The number of hydrogen-bond acceptors (Lipinski definition) is 3. The summed E-state index contributed by atoms with van der Waals surface area (Å²) < 4.78 is 5.02. The summed E-state index contributed by atoms with van der Waals surface area (Å²) in [7, 11) is 0. The van der Waals surface area contributed by atoms with E-state index in [-0.39, 0.29) is 11.8 Å². The molecular weight excluding hydrogens is 276 g/mol. The zero-order valence-corrected chi connectivity index (χ0v) is 14.3. The Kier molecular flexibility index (Phi) is 6.91. The van der Waals surface area contributed by atoms with Gasteiger partial charge in [-0.1, -0.05) is 39.0 Å². The maximum Gasteiger partial charge on any atom is 0.316 e. The van der Waals surface area contributed by atoms with E-state index in [1.54, 1.807) is 6.92 Å². The predicted octanol–water partition coefficient (Wildman–Crippen LogP) is 4.53. The average molecular weight is 308 g/mol. The minimum Gasteiger partial charge on any atom is -0.465 e. The number of rotatable bonds is 6. The Morgan fingerprint density at radius 1 is 1.05 bits per heavy atom. The number of unbranched alkanes of at least 4 members (excludes halogenated alkanes) is 1. The second-order valence-corrected chi connectivity index (χ2v) is 7.24. The van der Waals surface area contributed by atoms with E-state index in [4.69, 9.17) is 4.74 Å². The van der Waals surface area contributed by atoms with Crippen molar-refractivity contribution in [2.45, 2.75) is 78.1 Å². The number of ether oxygens (including phenoxy) is 1. The van der Waals surface area contributed by atoms with E-state index in [1.807, 2.05) is 0 Å². The van der Waals surface area contributed by atoms with Crippen molar-refractivity contribution in [3.8, 4) is 0 Å². The van der Waals surface area contributed by atoms with Crippen LogP contribution in [0.15, 0.2) is 0 Å². The van der Waals surface area contributed by atoms with Gasteiger partial charge in [-0.2, -0.15) is 0 Å². The van der Waals surface area contributed by atoms with Crippen molar-refractivity contribution in [1.29, 1.82) is 0 Å². The molecule has 0 amide bonds. The summed E-state index contributed by atoms with van der Waals surface area (Å²) in [5.41, 5.74) is 0. The van der Waals surface area contributed by atoms with Gasteiger partial charge in [-0.05, 0) is 50.4 Å². The van der Waals surface area contributed by atoms with Crippen LogP contribution >= 0.6 is 0 Å². The molecule has 3 heteroatoms. The maximum absolute atomic E-state index is 12.3. The Morgan fingerprint density at radius 3 is 2.32 bits per heavy atom. The van der Waals surface area contributed by atoms with Gasteiger partial charge in [-0.25, -0.2) is 0 Å². The molecule has 2 saturated carbocycles. The van der Waals surface area contributed by atoms with E-state index in [9.17, 15) is 9.59 Å². The van der Waals surface area contributed by atoms with Gasteiger partial charge in [0.15, 0.2) is 0 Å². The van der Waals surface area contributed by atoms with E-state index < -0.39 is 5.92 Å². The van der Waals surface area contributed by atoms with Gasteiger partial charge in [0, 0.05) is 6.42 Å². The molecule has 0 aromatic rings. The normalized spacial score (nSPS) is 32.7. The predicted molar refractivity (Wildman–Crippen MR) is 87.4 cm³/mol. The molecular formula is C19H32O3. The van der Waals surface area contributed by atoms with Gasteiger partial charge in [0.1, 0.15) is 11.7 Å². The highest BCUT2D eigenvalue weighted by atomic mass is 16.5. The minimum atomic E-state index is -0.475. The van der Waals surface area contributed by atoms with Crippen molar-refractivity contribution in [3.63, 3.8) is 0 Å². The molecule has 2 rings (SSSR count). The zero-order valence-electron chi connectivity index (χ0n) is 14.3. The summed E-state index contributed by atoms with van der Waals surface area (Å²) in [6, 6.07) is 0. The van der Waals surface area contributed by atoms with Gasteiger partial charge in [-0.3, -0.25) is 9.59 Å². The minimum absolute atomic E-state index is 0.128. The first-order chi connectivity index (χ1) is 10.7. The maximum atomic E-state index is 12.3. The third-order valence-corrected chi connectivity index (χ3v) is 5.77. The van der Waals surface area contributed by atoms with Crippen LogP contribution in [0.25, 0.3) is 0 Å². The smallest absolute Gasteiger partial charge is 0.316 e. The highest BCUT2D eigenvalue weighted by Gasteiger charge is 2.38. The Hall–Kier alpha value is -0.860. The summed E-state index contributed by atoms with van der Waals surface area (Å²) in [4.78, 5) is 24.1. The molecule has 0 bridgehead atoms. The Bertz CT molecular complexity index is 369. The second-order valence-electron chi connectivity index (χ2n) is 7.24. The van der Waals surface area contributed by atoms with Gasteiger partial charge < -0.3 is 4.74 Å². The first-order valence-corrected chi connectivity index (χ1v) is 9.35. The summed E-state index contributed by atoms with van der Waals surface area (Å²) >= 11 is 0. The fraction of sp³-hybridized carbons (Fsp3) is 0.895. The number of esters is 1. The molecule has 2 atom stereocenters. The van der Waals surface area contributed by atoms with E-state index in [0.717, 1.165) is 12.3 Å². The lowest BCUT2D eigenvalue weighted by atomic mass is 9.68. The number of carbonyl (C=O) groups excluding carboxylic acids is 2. The van der Waals surface area contributed by atoms with Crippen molar-refractivity contribution >= 4 is 11.8 Å². The van der Waals surface area contributed by atoms with Crippen molar-refractivity contribution in [2.75, 3.05) is 6.61 Å². The van der Waals surface area contributed by atoms with Crippen molar-refractivity contribution in [1.82, 2.24) is 0 Å². The molecule has 126 valence electrons. The van der Waals surface area contributed by atoms with Gasteiger partial charge in [0.25, 0.3) is 0 Å². The summed E-state index contributed by atoms with van der Waals surface area (Å²) in [6.07, 6.45) is 11.6. The molecule has 2 unspecified atom stereocenters. The molecule has 22 heavy (non-hydrogen) atoms. The van der Waals surface area contributed by atoms with Crippen LogP contribution in [0.1, 0.15) is 78.1 Å². The molecule has 2 aliphatic rings. The highest BCUT2D eigenvalue weighted by molar-refractivity contribution is 5.99. The van der Waals surface area contributed by atoms with Crippen LogP contribution in [-0.4, -0.2) is 18.4 Å². The quantitative estimate of drug-likeness (QED) is 0.535. The van der Waals surface area contributed by atoms with E-state index in [1.165, 1.54) is 44.9 Å². The summed E-state index contributed by atoms with van der Waals surface area (Å²) in [6.45, 7) is 4.43. The Morgan fingerprint density at radius 2 is 1.73 bits per heavy atom. The fourth-order valence-electron chi connectivity index (χ4n) is 4.38. The molecule has 0 aromatic heterocycles. The van der Waals surface area contributed by atoms with Crippen molar-refractivity contribution < 1.29 is 14.3 Å². The first kappa shape index (κ1) is 17.5. The lowest BCUT2D eigenvalue weighted by Gasteiger charge is -2.36. The lowest BCUT2D eigenvalue weighted by molar-refractivity contribution is -0.153. The van der Waals surface area contributed by atoms with E-state index in [2.05, 4.69) is 6.92 Å². The molecule has 0 heterocycles. The SMILES string of the molecule is CCCCC1CCC(C2CCC(C(=O)OCC)C(=O)C2)CC1. The largest absolute Gasteiger partial charge is 0.465 e. The van der Waals surface area contributed by atoms with Crippen molar-refractivity contribution in [2.24, 2.45) is 23.7 Å². The number of carbonyl (C=O) groups is 2. The van der Waals surface area contributed by atoms with Gasteiger partial charge in [0.05, 0.1) is 6.61 Å². The second kappa shape index (κ2) is 8.69. The van der Waals surface area contributed by atoms with Crippen LogP contribution < -0.4 is 0 Å². The van der Waals surface area contributed by atoms with Crippen LogP contribution in [-0.2, 0) is 14.3 Å². The summed E-state index contributed by atoms with van der Waals surface area (Å²) in [5, 5.41) is 0. The topological polar surface area (TPSA) is 43.4 Å². The number of ketones is 1. The van der Waals surface area contributed by atoms with Gasteiger partial charge in [-0.15, -0.1) is 0 Å². The molecule has 0 saturated heterocycles. The highest BCUT2D eigenvalue weighted by Crippen LogP contribution is 2.41. The molecule has 0 radical (unpaired) electrons. The lowest BCUT2D eigenvalue weighted by Crippen LogP contribution is -2.35. The monoisotopic (exact) mass is 308 g/mol. The van der Waals surface area contributed by atoms with Crippen LogP contribution in [0.2, 0.25) is 0 Å². The van der Waals surface area contributed by atoms with Crippen LogP contribution in [0.3, 0.4) is 0 Å². The average Bonchev–Trinajstić information content (AvgIpc) is 2.53. The zero-order chi connectivity index (χ0) is 15.9. The Balaban J connectivity index is 1.77. The van der Waals surface area contributed by atoms with Crippen molar-refractivity contribution in [3.05, 3.63) is 0 Å². The summed E-state index contributed by atoms with van der Waals surface area (Å²) in [5.74, 6) is 1.51. The van der Waals surface area contributed by atoms with Crippen LogP contribution in [0, 0.1) is 23.7 Å². The number of Topliss-reactive ketones (excluding diaryl/α,β-unsaturated/α-hetero) is 1. The third-order valence-electron chi connectivity index (χ3n) is 5.77. The standard InChI is InChI=1S/C19H32O3/c1-3-5-6-14-7-9-15(10-8-14)16-11-12-17(18(20)13-16)19(21)22-4-2/h14-17H,3-13H2,1-2H3. The number of hydrogen-bond donors (Lipinski definition) is 0. The van der Waals surface area contributed by atoms with E-state index >= 15 is 0 Å². The first-order valence-electron chi connectivity index (χ1n) is 9.35. The van der Waals surface area contributed by atoms with Crippen LogP contribution in [0.4, 0.5) is 0 Å². The molecule has 0 aliphatic heterocycles. The third kappa shape index (κ3) is 4.57. The van der Waals surface area contributed by atoms with Crippen LogP contribution in [0.5, 0.6) is 0 Å². The van der Waals surface area contributed by atoms with E-state index in [0.29, 0.717) is 31.3 Å². The fourth-order valence-corrected chi connectivity index (χ4v) is 4.38.